The first-order valence-electron chi connectivity index (χ1n) is 13.9. The third kappa shape index (κ3) is 3.80. The quantitative estimate of drug-likeness (QED) is 0.263. The van der Waals surface area contributed by atoms with Crippen molar-refractivity contribution in [3.8, 4) is 5.69 Å². The highest BCUT2D eigenvalue weighted by Crippen LogP contribution is 2.41. The van der Waals surface area contributed by atoms with Crippen LogP contribution in [0, 0.1) is 27.7 Å². The van der Waals surface area contributed by atoms with Crippen molar-refractivity contribution in [2.75, 3.05) is 0 Å². The molecule has 0 fully saturated rings. The van der Waals surface area contributed by atoms with E-state index in [2.05, 4.69) is 111 Å². The second kappa shape index (κ2) is 9.46. The van der Waals surface area contributed by atoms with Crippen LogP contribution in [0.4, 0.5) is 0 Å². The normalized spacial score (nSPS) is 16.4. The number of aryl methyl sites for hydroxylation is 4. The van der Waals surface area contributed by atoms with E-state index in [1.807, 2.05) is 10.6 Å². The smallest absolute Gasteiger partial charge is 0.271 e. The van der Waals surface area contributed by atoms with Crippen LogP contribution in [0.5, 0.6) is 0 Å². The predicted molar refractivity (Wildman–Crippen MR) is 164 cm³/mol. The summed E-state index contributed by atoms with van der Waals surface area (Å²) in [5, 5.41) is 0. The van der Waals surface area contributed by atoms with Crippen molar-refractivity contribution in [1.82, 2.24) is 9.13 Å². The Hall–Kier alpha value is -4.22. The van der Waals surface area contributed by atoms with Crippen LogP contribution >= 0.6 is 11.3 Å². The molecule has 0 radical (unpaired) electrons. The number of para-hydroxylation sites is 1. The van der Waals surface area contributed by atoms with E-state index in [9.17, 15) is 4.79 Å². The van der Waals surface area contributed by atoms with E-state index in [4.69, 9.17) is 4.99 Å². The summed E-state index contributed by atoms with van der Waals surface area (Å²) in [7, 11) is 0. The number of hydrogen-bond donors (Lipinski definition) is 0. The van der Waals surface area contributed by atoms with Gasteiger partial charge in [0.2, 0.25) is 0 Å². The fourth-order valence-corrected chi connectivity index (χ4v) is 7.53. The molecule has 1 aliphatic carbocycles. The summed E-state index contributed by atoms with van der Waals surface area (Å²) < 4.78 is 4.97. The van der Waals surface area contributed by atoms with Gasteiger partial charge < -0.3 is 4.57 Å². The molecule has 0 bridgehead atoms. The van der Waals surface area contributed by atoms with Crippen LogP contribution in [-0.4, -0.2) is 9.13 Å². The maximum absolute atomic E-state index is 14.2. The van der Waals surface area contributed by atoms with Gasteiger partial charge in [-0.25, -0.2) is 4.99 Å². The van der Waals surface area contributed by atoms with Crippen LogP contribution in [0.1, 0.15) is 57.2 Å². The average molecular weight is 542 g/mol. The van der Waals surface area contributed by atoms with E-state index in [0.29, 0.717) is 0 Å². The number of fused-ring (bicyclic) bond motifs is 3. The van der Waals surface area contributed by atoms with Gasteiger partial charge in [0.15, 0.2) is 4.80 Å². The van der Waals surface area contributed by atoms with Gasteiger partial charge in [0.1, 0.15) is 0 Å². The molecule has 0 N–H and O–H groups in total. The first kappa shape index (κ1) is 24.8. The van der Waals surface area contributed by atoms with E-state index >= 15 is 0 Å². The molecule has 0 spiro atoms. The minimum atomic E-state index is -0.148. The Labute approximate surface area is 237 Å². The van der Waals surface area contributed by atoms with Crippen LogP contribution < -0.4 is 14.9 Å². The SMILES string of the molecule is Cc1cccc(C)c1-n1c(C)cc(/C=c2\sc3n(c2=O)C(c2ccccc2)C2=C(N=3)c3ccccc3CC2)c1C. The van der Waals surface area contributed by atoms with Gasteiger partial charge in [-0.05, 0) is 86.1 Å². The molecule has 4 nitrogen and oxygen atoms in total. The van der Waals surface area contributed by atoms with E-state index < -0.39 is 0 Å². The molecule has 40 heavy (non-hydrogen) atoms. The third-order valence-electron chi connectivity index (χ3n) is 8.41. The molecule has 0 saturated carbocycles. The molecule has 2 aliphatic rings. The van der Waals surface area contributed by atoms with E-state index in [0.717, 1.165) is 50.4 Å². The van der Waals surface area contributed by atoms with Crippen molar-refractivity contribution in [2.24, 2.45) is 4.99 Å². The van der Waals surface area contributed by atoms with Gasteiger partial charge in [0, 0.05) is 17.0 Å². The van der Waals surface area contributed by atoms with Crippen LogP contribution in [0.25, 0.3) is 17.5 Å². The zero-order valence-electron chi connectivity index (χ0n) is 23.2. The second-order valence-electron chi connectivity index (χ2n) is 10.9. The molecule has 7 rings (SSSR count). The van der Waals surface area contributed by atoms with E-state index in [-0.39, 0.29) is 11.6 Å². The zero-order valence-corrected chi connectivity index (χ0v) is 24.0. The second-order valence-corrected chi connectivity index (χ2v) is 11.9. The lowest BCUT2D eigenvalue weighted by atomic mass is 9.83. The van der Waals surface area contributed by atoms with Crippen molar-refractivity contribution in [1.29, 1.82) is 0 Å². The van der Waals surface area contributed by atoms with E-state index in [1.54, 1.807) is 0 Å². The Morgan fingerprint density at radius 2 is 1.60 bits per heavy atom. The number of benzene rings is 3. The number of hydrogen-bond acceptors (Lipinski definition) is 3. The van der Waals surface area contributed by atoms with Gasteiger partial charge in [0.25, 0.3) is 5.56 Å². The van der Waals surface area contributed by atoms with Crippen LogP contribution in [0.2, 0.25) is 0 Å². The molecule has 0 amide bonds. The largest absolute Gasteiger partial charge is 0.317 e. The third-order valence-corrected chi connectivity index (χ3v) is 9.39. The number of allylic oxidation sites excluding steroid dienone is 1. The van der Waals surface area contributed by atoms with Crippen LogP contribution in [0.3, 0.4) is 0 Å². The predicted octanol–water partition coefficient (Wildman–Crippen LogP) is 6.34. The maximum Gasteiger partial charge on any atom is 0.271 e. The van der Waals surface area contributed by atoms with Crippen LogP contribution in [-0.2, 0) is 6.42 Å². The summed E-state index contributed by atoms with van der Waals surface area (Å²) in [5.74, 6) is 0. The molecule has 1 atom stereocenters. The summed E-state index contributed by atoms with van der Waals surface area (Å²) >= 11 is 1.50. The summed E-state index contributed by atoms with van der Waals surface area (Å²) in [6.07, 6.45) is 3.92. The lowest BCUT2D eigenvalue weighted by Crippen LogP contribution is -2.38. The van der Waals surface area contributed by atoms with E-state index in [1.165, 1.54) is 44.9 Å². The highest BCUT2D eigenvalue weighted by atomic mass is 32.1. The van der Waals surface area contributed by atoms with Gasteiger partial charge in [-0.3, -0.25) is 9.36 Å². The summed E-state index contributed by atoms with van der Waals surface area (Å²) in [4.78, 5) is 20.1. The van der Waals surface area contributed by atoms with Gasteiger partial charge in [-0.2, -0.15) is 0 Å². The molecule has 2 aromatic heterocycles. The Kier molecular flexibility index (Phi) is 5.86. The Morgan fingerprint density at radius 1 is 0.875 bits per heavy atom. The van der Waals surface area contributed by atoms with Gasteiger partial charge in [0.05, 0.1) is 22.0 Å². The number of rotatable bonds is 3. The number of aromatic nitrogens is 2. The monoisotopic (exact) mass is 541 g/mol. The molecular formula is C35H31N3OS. The highest BCUT2D eigenvalue weighted by molar-refractivity contribution is 7.07. The fourth-order valence-electron chi connectivity index (χ4n) is 6.54. The Morgan fingerprint density at radius 3 is 2.38 bits per heavy atom. The highest BCUT2D eigenvalue weighted by Gasteiger charge is 2.32. The molecular weight excluding hydrogens is 510 g/mol. The first-order chi connectivity index (χ1) is 19.4. The van der Waals surface area contributed by atoms with Gasteiger partial charge in [-0.1, -0.05) is 84.1 Å². The van der Waals surface area contributed by atoms with Crippen molar-refractivity contribution >= 4 is 23.1 Å². The van der Waals surface area contributed by atoms with Crippen molar-refractivity contribution in [3.63, 3.8) is 0 Å². The molecule has 0 saturated heterocycles. The lowest BCUT2D eigenvalue weighted by molar-refractivity contribution is 0.585. The maximum atomic E-state index is 14.2. The van der Waals surface area contributed by atoms with Gasteiger partial charge >= 0.3 is 0 Å². The van der Waals surface area contributed by atoms with Crippen molar-refractivity contribution in [3.05, 3.63) is 149 Å². The molecule has 3 heterocycles. The minimum Gasteiger partial charge on any atom is -0.317 e. The average Bonchev–Trinajstić information content (AvgIpc) is 3.42. The van der Waals surface area contributed by atoms with Crippen molar-refractivity contribution < 1.29 is 0 Å². The zero-order chi connectivity index (χ0) is 27.5. The number of nitrogens with zero attached hydrogens (tertiary/aromatic N) is 3. The molecule has 1 unspecified atom stereocenters. The summed E-state index contributed by atoms with van der Waals surface area (Å²) in [6.45, 7) is 8.59. The molecule has 198 valence electrons. The molecule has 5 heteroatoms. The molecule has 1 aliphatic heterocycles. The summed E-state index contributed by atoms with van der Waals surface area (Å²) in [5.41, 5.74) is 13.0. The standard InChI is InChI=1S/C35H31N3OS/c1-21-11-10-12-22(2)32(21)37-23(3)19-27(24(37)4)20-30-34(39)38-33(26-14-6-5-7-15-26)29-18-17-25-13-8-9-16-28(25)31(29)36-35(38)40-30/h5-16,19-20,33H,17-18H2,1-4H3/b30-20-. The van der Waals surface area contributed by atoms with Gasteiger partial charge in [-0.15, -0.1) is 0 Å². The molecule has 5 aromatic rings. The fraction of sp³-hybridized carbons (Fsp3) is 0.200. The Bertz CT molecular complexity index is 2000. The summed E-state index contributed by atoms with van der Waals surface area (Å²) in [6, 6.07) is 27.4. The lowest BCUT2D eigenvalue weighted by Gasteiger charge is -2.30. The first-order valence-corrected chi connectivity index (χ1v) is 14.7. The molecule has 3 aromatic carbocycles. The number of thiazole rings is 1. The minimum absolute atomic E-state index is 0.0277. The van der Waals surface area contributed by atoms with Crippen molar-refractivity contribution in [2.45, 2.75) is 46.6 Å². The Balaban J connectivity index is 1.45. The topological polar surface area (TPSA) is 39.3 Å². The van der Waals surface area contributed by atoms with Crippen LogP contribution in [0.15, 0.2) is 94.2 Å².